The van der Waals surface area contributed by atoms with E-state index in [1.165, 1.54) is 13.2 Å². The number of azide groups is 1. The normalized spacial score (nSPS) is 35.0. The molecule has 1 aromatic carbocycles. The second-order valence-electron chi connectivity index (χ2n) is 7.77. The van der Waals surface area contributed by atoms with Crippen molar-refractivity contribution in [2.75, 3.05) is 20.3 Å². The fourth-order valence-electron chi connectivity index (χ4n) is 4.63. The lowest BCUT2D eigenvalue weighted by Gasteiger charge is -2.61. The Kier molecular flexibility index (Phi) is 7.07. The quantitative estimate of drug-likeness (QED) is 0.203. The number of nitrogens with one attached hydrogen (secondary N) is 1. The number of alkyl halides is 1. The van der Waals surface area contributed by atoms with Crippen LogP contribution in [0.2, 0.25) is 0 Å². The highest BCUT2D eigenvalue weighted by Gasteiger charge is 2.76. The summed E-state index contributed by atoms with van der Waals surface area (Å²) in [5, 5.41) is 5.12. The average molecular weight is 506 g/mol. The van der Waals surface area contributed by atoms with E-state index in [0.717, 1.165) is 0 Å². The average Bonchev–Trinajstić information content (AvgIpc) is 2.86. The first kappa shape index (κ1) is 24.7. The molecule has 1 aromatic heterocycles. The summed E-state index contributed by atoms with van der Waals surface area (Å²) in [5.41, 5.74) is 5.72. The molecule has 2 aromatic rings. The van der Waals surface area contributed by atoms with Crippen LogP contribution in [0.3, 0.4) is 0 Å². The van der Waals surface area contributed by atoms with Crippen molar-refractivity contribution in [2.24, 2.45) is 5.11 Å². The molecule has 2 aliphatic heterocycles. The van der Waals surface area contributed by atoms with Crippen LogP contribution in [0.4, 0.5) is 0 Å². The number of aromatic nitrogens is 1. The van der Waals surface area contributed by atoms with Crippen LogP contribution in [0, 0.1) is 0 Å². The number of carbonyl (C=O) groups is 1. The maximum Gasteiger partial charge on any atom is 0.256 e. The first-order chi connectivity index (χ1) is 16.4. The number of nitrogens with zero attached hydrogens (tertiary/aromatic N) is 4. The molecule has 0 saturated carbocycles. The maximum absolute atomic E-state index is 13.6. The van der Waals surface area contributed by atoms with E-state index < -0.39 is 39.9 Å². The molecule has 2 fully saturated rings. The van der Waals surface area contributed by atoms with Crippen LogP contribution in [0.1, 0.15) is 24.3 Å². The van der Waals surface area contributed by atoms with Gasteiger partial charge in [-0.2, -0.15) is 0 Å². The number of hydrogen-bond donors (Lipinski definition) is 2. The van der Waals surface area contributed by atoms with E-state index in [2.05, 4.69) is 33.0 Å². The SMILES string of the molecule is CCO[C@@]1(C(=O)NC)[C@@H](S)O[C@@]2(Cl)COC(c3ccccc3)O[C@@H]2C1(N=[N+]=[N-])c1cccnc1. The number of ether oxygens (including phenoxy) is 4. The van der Waals surface area contributed by atoms with Crippen LogP contribution < -0.4 is 5.32 Å². The number of rotatable bonds is 6. The summed E-state index contributed by atoms with van der Waals surface area (Å²) in [7, 11) is 1.44. The second-order valence-corrected chi connectivity index (χ2v) is 8.88. The zero-order valence-electron chi connectivity index (χ0n) is 18.5. The predicted molar refractivity (Wildman–Crippen MR) is 126 cm³/mol. The fraction of sp³-hybridized carbons (Fsp3) is 0.455. The van der Waals surface area contributed by atoms with Gasteiger partial charge in [-0.3, -0.25) is 9.78 Å². The molecule has 10 nitrogen and oxygen atoms in total. The molecular formula is C22H24ClN5O5S. The standard InChI is InChI=1S/C22H24ClN5O5S/c1-3-31-22(18(29)25-2)19(34)33-20(23)13-30-16(14-8-5-4-6-9-14)32-17(20)21(22,27-28-24)15-10-7-11-26-12-15/h4-12,16-17,19,34H,3,13H2,1-2H3,(H,25,29)/t16?,17-,19+,20-,21?,22-/m0/s1. The summed E-state index contributed by atoms with van der Waals surface area (Å²) in [6, 6.07) is 12.5. The molecule has 34 heavy (non-hydrogen) atoms. The number of benzene rings is 1. The minimum Gasteiger partial charge on any atom is -0.361 e. The highest BCUT2D eigenvalue weighted by Crippen LogP contribution is 2.59. The molecule has 0 bridgehead atoms. The van der Waals surface area contributed by atoms with Gasteiger partial charge in [0, 0.05) is 36.5 Å². The Morgan fingerprint density at radius 1 is 1.38 bits per heavy atom. The highest BCUT2D eigenvalue weighted by molar-refractivity contribution is 7.80. The molecule has 2 unspecified atom stereocenters. The topological polar surface area (TPSA) is 128 Å². The Hall–Kier alpha value is -2.37. The summed E-state index contributed by atoms with van der Waals surface area (Å²) in [6.45, 7) is 1.63. The van der Waals surface area contributed by atoms with Crippen molar-refractivity contribution in [3.8, 4) is 0 Å². The zero-order valence-corrected chi connectivity index (χ0v) is 20.1. The number of pyridine rings is 1. The first-order valence-corrected chi connectivity index (χ1v) is 11.5. The van der Waals surface area contributed by atoms with E-state index in [9.17, 15) is 10.3 Å². The molecule has 4 rings (SSSR count). The Bertz CT molecular complexity index is 1080. The zero-order chi connectivity index (χ0) is 24.4. The van der Waals surface area contributed by atoms with Crippen molar-refractivity contribution < 1.29 is 23.7 Å². The molecule has 2 aliphatic rings. The van der Waals surface area contributed by atoms with Gasteiger partial charge in [0.2, 0.25) is 0 Å². The minimum absolute atomic E-state index is 0.0669. The van der Waals surface area contributed by atoms with Crippen molar-refractivity contribution in [2.45, 2.75) is 41.0 Å². The number of carbonyl (C=O) groups excluding carboxylic acids is 1. The molecule has 6 atom stereocenters. The number of amides is 1. The molecule has 0 radical (unpaired) electrons. The number of hydrogen-bond acceptors (Lipinski definition) is 8. The molecule has 1 amide bonds. The van der Waals surface area contributed by atoms with Crippen LogP contribution in [-0.2, 0) is 29.3 Å². The summed E-state index contributed by atoms with van der Waals surface area (Å²) < 4.78 is 24.5. The Morgan fingerprint density at radius 3 is 2.76 bits per heavy atom. The van der Waals surface area contributed by atoms with Gasteiger partial charge >= 0.3 is 0 Å². The van der Waals surface area contributed by atoms with Crippen molar-refractivity contribution in [1.82, 2.24) is 10.3 Å². The van der Waals surface area contributed by atoms with Gasteiger partial charge in [0.25, 0.3) is 5.91 Å². The molecule has 2 saturated heterocycles. The highest BCUT2D eigenvalue weighted by atomic mass is 35.5. The summed E-state index contributed by atoms with van der Waals surface area (Å²) in [4.78, 5) is 20.9. The van der Waals surface area contributed by atoms with Gasteiger partial charge in [0.1, 0.15) is 17.1 Å². The van der Waals surface area contributed by atoms with E-state index in [-0.39, 0.29) is 13.2 Å². The van der Waals surface area contributed by atoms with Crippen molar-refractivity contribution >= 4 is 30.1 Å². The van der Waals surface area contributed by atoms with Gasteiger partial charge in [0.15, 0.2) is 17.0 Å². The van der Waals surface area contributed by atoms with E-state index >= 15 is 0 Å². The monoisotopic (exact) mass is 505 g/mol. The molecule has 1 N–H and O–H groups in total. The van der Waals surface area contributed by atoms with Gasteiger partial charge in [-0.1, -0.05) is 53.1 Å². The van der Waals surface area contributed by atoms with Crippen LogP contribution in [-0.4, -0.2) is 53.4 Å². The minimum atomic E-state index is -1.98. The van der Waals surface area contributed by atoms with Gasteiger partial charge in [-0.05, 0) is 24.1 Å². The smallest absolute Gasteiger partial charge is 0.256 e. The second kappa shape index (κ2) is 9.71. The molecular weight excluding hydrogens is 482 g/mol. The Balaban J connectivity index is 2.02. The lowest BCUT2D eigenvalue weighted by molar-refractivity contribution is -0.347. The predicted octanol–water partition coefficient (Wildman–Crippen LogP) is 3.44. The summed E-state index contributed by atoms with van der Waals surface area (Å²) >= 11 is 11.5. The van der Waals surface area contributed by atoms with Gasteiger partial charge in [-0.25, -0.2) is 0 Å². The van der Waals surface area contributed by atoms with E-state index in [1.54, 1.807) is 25.3 Å². The van der Waals surface area contributed by atoms with Gasteiger partial charge in [-0.15, -0.1) is 12.6 Å². The van der Waals surface area contributed by atoms with Crippen LogP contribution >= 0.6 is 24.2 Å². The van der Waals surface area contributed by atoms with Gasteiger partial charge < -0.3 is 24.3 Å². The molecule has 180 valence electrons. The molecule has 3 heterocycles. The lowest BCUT2D eigenvalue weighted by Crippen LogP contribution is -2.79. The van der Waals surface area contributed by atoms with Crippen molar-refractivity contribution in [1.29, 1.82) is 0 Å². The third kappa shape index (κ3) is 3.64. The summed E-state index contributed by atoms with van der Waals surface area (Å²) in [5.74, 6) is -0.629. The third-order valence-electron chi connectivity index (χ3n) is 6.00. The summed E-state index contributed by atoms with van der Waals surface area (Å²) in [6.07, 6.45) is 0.906. The first-order valence-electron chi connectivity index (χ1n) is 10.6. The van der Waals surface area contributed by atoms with Gasteiger partial charge in [0.05, 0.1) is 6.61 Å². The van der Waals surface area contributed by atoms with E-state index in [1.807, 2.05) is 30.3 Å². The van der Waals surface area contributed by atoms with Crippen molar-refractivity contribution in [3.63, 3.8) is 0 Å². The molecule has 0 aliphatic carbocycles. The number of fused-ring (bicyclic) bond motifs is 1. The largest absolute Gasteiger partial charge is 0.361 e. The lowest BCUT2D eigenvalue weighted by atomic mass is 9.67. The van der Waals surface area contributed by atoms with Crippen LogP contribution in [0.25, 0.3) is 10.4 Å². The van der Waals surface area contributed by atoms with Crippen LogP contribution in [0.5, 0.6) is 0 Å². The van der Waals surface area contributed by atoms with Crippen LogP contribution in [0.15, 0.2) is 60.0 Å². The Morgan fingerprint density at radius 2 is 2.15 bits per heavy atom. The van der Waals surface area contributed by atoms with E-state index in [0.29, 0.717) is 11.1 Å². The molecule has 0 spiro atoms. The molecule has 12 heteroatoms. The fourth-order valence-corrected chi connectivity index (χ4v) is 5.63. The van der Waals surface area contributed by atoms with Crippen molar-refractivity contribution in [3.05, 3.63) is 76.4 Å². The van der Waals surface area contributed by atoms with E-state index in [4.69, 9.17) is 30.5 Å². The number of likely N-dealkylation sites (N-methyl/N-ethyl adjacent to an activating group) is 1. The number of halogens is 1. The number of thiol groups is 1. The Labute approximate surface area is 206 Å². The third-order valence-corrected chi connectivity index (χ3v) is 6.86. The maximum atomic E-state index is 13.6.